The molecule has 0 saturated carbocycles. The van der Waals surface area contributed by atoms with Gasteiger partial charge >= 0.3 is 0 Å². The molecular weight excluding hydrogens is 268 g/mol. The van der Waals surface area contributed by atoms with Crippen LogP contribution in [0.5, 0.6) is 5.75 Å². The van der Waals surface area contributed by atoms with Gasteiger partial charge in [-0.25, -0.2) is 0 Å². The number of ether oxygens (including phenoxy) is 1. The third-order valence-corrected chi connectivity index (χ3v) is 4.15. The molecule has 1 aromatic carbocycles. The summed E-state index contributed by atoms with van der Waals surface area (Å²) in [6.07, 6.45) is 5.10. The average Bonchev–Trinajstić information content (AvgIpc) is 2.45. The van der Waals surface area contributed by atoms with E-state index in [1.54, 1.807) is 0 Å². The Morgan fingerprint density at radius 2 is 2.30 bits per heavy atom. The third-order valence-electron chi connectivity index (χ3n) is 3.92. The summed E-state index contributed by atoms with van der Waals surface area (Å²) >= 11 is 4.97. The molecule has 1 fully saturated rings. The predicted octanol–water partition coefficient (Wildman–Crippen LogP) is 2.96. The molecule has 20 heavy (non-hydrogen) atoms. The van der Waals surface area contributed by atoms with Crippen LogP contribution in [0.3, 0.4) is 0 Å². The van der Waals surface area contributed by atoms with Crippen LogP contribution in [0.2, 0.25) is 0 Å². The Hall–Kier alpha value is -1.13. The summed E-state index contributed by atoms with van der Waals surface area (Å²) in [6.45, 7) is 5.42. The first-order valence-electron chi connectivity index (χ1n) is 7.43. The van der Waals surface area contributed by atoms with Gasteiger partial charge in [0.05, 0.1) is 6.61 Å². The second-order valence-electron chi connectivity index (χ2n) is 5.47. The first kappa shape index (κ1) is 15.3. The molecule has 2 rings (SSSR count). The summed E-state index contributed by atoms with van der Waals surface area (Å²) in [4.78, 5) is 2.98. The van der Waals surface area contributed by atoms with Crippen LogP contribution >= 0.6 is 12.2 Å². The Kier molecular flexibility index (Phi) is 5.80. The molecule has 3 nitrogen and oxygen atoms in total. The minimum atomic E-state index is 0.414. The number of thiocarbonyl (C=S) groups is 1. The fourth-order valence-corrected chi connectivity index (χ4v) is 2.81. The lowest BCUT2D eigenvalue weighted by atomic mass is 10.0. The molecule has 2 N–H and O–H groups in total. The van der Waals surface area contributed by atoms with E-state index >= 15 is 0 Å². The Labute approximate surface area is 127 Å². The number of piperidine rings is 1. The van der Waals surface area contributed by atoms with E-state index in [2.05, 4.69) is 11.8 Å². The first-order chi connectivity index (χ1) is 9.66. The summed E-state index contributed by atoms with van der Waals surface area (Å²) in [6, 6.07) is 8.42. The molecule has 1 aliphatic rings. The van der Waals surface area contributed by atoms with Crippen LogP contribution in [0.4, 0.5) is 0 Å². The van der Waals surface area contributed by atoms with E-state index in [1.165, 1.54) is 25.8 Å². The molecule has 110 valence electrons. The quantitative estimate of drug-likeness (QED) is 0.646. The average molecular weight is 292 g/mol. The third kappa shape index (κ3) is 4.46. The number of likely N-dealkylation sites (tertiary alicyclic amines) is 1. The zero-order valence-electron chi connectivity index (χ0n) is 12.2. The molecule has 0 spiro atoms. The number of hydrogen-bond donors (Lipinski definition) is 1. The van der Waals surface area contributed by atoms with Crippen LogP contribution in [-0.2, 0) is 0 Å². The molecule has 1 atom stereocenters. The normalized spacial score (nSPS) is 19.8. The minimum absolute atomic E-state index is 0.414. The van der Waals surface area contributed by atoms with E-state index in [4.69, 9.17) is 22.7 Å². The molecule has 1 heterocycles. The van der Waals surface area contributed by atoms with Crippen molar-refractivity contribution in [1.29, 1.82) is 0 Å². The number of nitrogens with zero attached hydrogens (tertiary/aromatic N) is 1. The molecule has 4 heteroatoms. The molecule has 1 saturated heterocycles. The fraction of sp³-hybridized carbons (Fsp3) is 0.562. The standard InChI is InChI=1S/C16H24N2OS/c1-13-6-2-3-9-18(13)10-5-11-19-15-8-4-7-14(12-15)16(17)20/h4,7-8,12-13H,2-3,5-6,9-11H2,1H3,(H2,17,20). The zero-order chi connectivity index (χ0) is 14.4. The minimum Gasteiger partial charge on any atom is -0.494 e. The molecule has 1 unspecified atom stereocenters. The van der Waals surface area contributed by atoms with Crippen molar-refractivity contribution in [1.82, 2.24) is 4.90 Å². The molecular formula is C16H24N2OS. The highest BCUT2D eigenvalue weighted by atomic mass is 32.1. The highest BCUT2D eigenvalue weighted by Gasteiger charge is 2.17. The van der Waals surface area contributed by atoms with Gasteiger partial charge in [0.25, 0.3) is 0 Å². The zero-order valence-corrected chi connectivity index (χ0v) is 13.0. The van der Waals surface area contributed by atoms with Crippen LogP contribution < -0.4 is 10.5 Å². The smallest absolute Gasteiger partial charge is 0.119 e. The van der Waals surface area contributed by atoms with E-state index in [0.29, 0.717) is 4.99 Å². The van der Waals surface area contributed by atoms with Crippen LogP contribution in [0, 0.1) is 0 Å². The van der Waals surface area contributed by atoms with Crippen LogP contribution in [0.15, 0.2) is 24.3 Å². The van der Waals surface area contributed by atoms with Gasteiger partial charge in [-0.05, 0) is 44.9 Å². The monoisotopic (exact) mass is 292 g/mol. The Bertz CT molecular complexity index is 450. The molecule has 1 aliphatic heterocycles. The van der Waals surface area contributed by atoms with Crippen molar-refractivity contribution in [3.63, 3.8) is 0 Å². The summed E-state index contributed by atoms with van der Waals surface area (Å²) in [5, 5.41) is 0. The van der Waals surface area contributed by atoms with Gasteiger partial charge in [0.1, 0.15) is 10.7 Å². The fourth-order valence-electron chi connectivity index (χ4n) is 2.69. The van der Waals surface area contributed by atoms with Gasteiger partial charge in [0, 0.05) is 18.2 Å². The second kappa shape index (κ2) is 7.60. The van der Waals surface area contributed by atoms with Gasteiger partial charge in [0.2, 0.25) is 0 Å². The van der Waals surface area contributed by atoms with Gasteiger partial charge in [-0.3, -0.25) is 0 Å². The Balaban J connectivity index is 1.73. The summed E-state index contributed by atoms with van der Waals surface area (Å²) in [7, 11) is 0. The largest absolute Gasteiger partial charge is 0.494 e. The van der Waals surface area contributed by atoms with Crippen molar-refractivity contribution in [3.05, 3.63) is 29.8 Å². The lowest BCUT2D eigenvalue weighted by molar-refractivity contribution is 0.148. The van der Waals surface area contributed by atoms with E-state index in [-0.39, 0.29) is 0 Å². The van der Waals surface area contributed by atoms with Crippen molar-refractivity contribution < 1.29 is 4.74 Å². The van der Waals surface area contributed by atoms with Crippen LogP contribution in [-0.4, -0.2) is 35.6 Å². The molecule has 0 aromatic heterocycles. The maximum atomic E-state index is 5.78. The lowest BCUT2D eigenvalue weighted by Gasteiger charge is -2.33. The number of rotatable bonds is 6. The summed E-state index contributed by atoms with van der Waals surface area (Å²) in [5.74, 6) is 0.849. The van der Waals surface area contributed by atoms with E-state index in [1.807, 2.05) is 24.3 Å². The van der Waals surface area contributed by atoms with Crippen molar-refractivity contribution >= 4 is 17.2 Å². The van der Waals surface area contributed by atoms with Gasteiger partial charge < -0.3 is 15.4 Å². The molecule has 0 radical (unpaired) electrons. The first-order valence-corrected chi connectivity index (χ1v) is 7.84. The van der Waals surface area contributed by atoms with Crippen molar-refractivity contribution in [3.8, 4) is 5.75 Å². The lowest BCUT2D eigenvalue weighted by Crippen LogP contribution is -2.38. The van der Waals surface area contributed by atoms with Crippen LogP contribution in [0.25, 0.3) is 0 Å². The molecule has 0 amide bonds. The number of hydrogen-bond acceptors (Lipinski definition) is 3. The van der Waals surface area contributed by atoms with E-state index < -0.39 is 0 Å². The van der Waals surface area contributed by atoms with E-state index in [0.717, 1.165) is 36.9 Å². The second-order valence-corrected chi connectivity index (χ2v) is 5.91. The molecule has 0 aliphatic carbocycles. The van der Waals surface area contributed by atoms with Crippen molar-refractivity contribution in [2.24, 2.45) is 5.73 Å². The summed E-state index contributed by atoms with van der Waals surface area (Å²) < 4.78 is 5.78. The maximum absolute atomic E-state index is 5.78. The number of nitrogens with two attached hydrogens (primary N) is 1. The van der Waals surface area contributed by atoms with E-state index in [9.17, 15) is 0 Å². The van der Waals surface area contributed by atoms with Crippen molar-refractivity contribution in [2.75, 3.05) is 19.7 Å². The Morgan fingerprint density at radius 1 is 1.45 bits per heavy atom. The van der Waals surface area contributed by atoms with Gasteiger partial charge in [-0.15, -0.1) is 0 Å². The highest BCUT2D eigenvalue weighted by molar-refractivity contribution is 7.80. The SMILES string of the molecule is CC1CCCCN1CCCOc1cccc(C(N)=S)c1. The number of benzene rings is 1. The van der Waals surface area contributed by atoms with Crippen LogP contribution in [0.1, 0.15) is 38.2 Å². The van der Waals surface area contributed by atoms with Gasteiger partial charge in [0.15, 0.2) is 0 Å². The van der Waals surface area contributed by atoms with Crippen molar-refractivity contribution in [2.45, 2.75) is 38.6 Å². The van der Waals surface area contributed by atoms with Gasteiger partial charge in [-0.1, -0.05) is 30.8 Å². The molecule has 0 bridgehead atoms. The maximum Gasteiger partial charge on any atom is 0.119 e. The topological polar surface area (TPSA) is 38.5 Å². The molecule has 1 aromatic rings. The highest BCUT2D eigenvalue weighted by Crippen LogP contribution is 2.17. The Morgan fingerprint density at radius 3 is 3.05 bits per heavy atom. The summed E-state index contributed by atoms with van der Waals surface area (Å²) in [5.41, 5.74) is 6.48. The predicted molar refractivity (Wildman–Crippen MR) is 87.3 cm³/mol. The van der Waals surface area contributed by atoms with Gasteiger partial charge in [-0.2, -0.15) is 0 Å².